The van der Waals surface area contributed by atoms with Crippen molar-refractivity contribution < 1.29 is 5.11 Å². The van der Waals surface area contributed by atoms with E-state index in [-0.39, 0.29) is 6.10 Å². The number of aliphatic hydroxyl groups excluding tert-OH is 1. The number of hydrogen-bond donors (Lipinski definition) is 2. The quantitative estimate of drug-likeness (QED) is 0.725. The molecule has 1 aliphatic heterocycles. The molecule has 0 unspecified atom stereocenters. The first-order chi connectivity index (χ1) is 6.53. The number of rotatable bonds is 3. The van der Waals surface area contributed by atoms with Gasteiger partial charge in [-0.15, -0.1) is 0 Å². The van der Waals surface area contributed by atoms with Crippen molar-refractivity contribution in [2.75, 3.05) is 31.9 Å². The van der Waals surface area contributed by atoms with E-state index in [9.17, 15) is 5.11 Å². The predicted molar refractivity (Wildman–Crippen MR) is 62.7 cm³/mol. The number of thioether (sulfide) groups is 1. The minimum atomic E-state index is -0.360. The third-order valence-corrected chi connectivity index (χ3v) is 4.04. The van der Waals surface area contributed by atoms with Crippen LogP contribution in [-0.4, -0.2) is 52.8 Å². The van der Waals surface area contributed by atoms with E-state index in [0.29, 0.717) is 11.3 Å². The average molecular weight is 218 g/mol. The summed E-state index contributed by atoms with van der Waals surface area (Å²) in [6, 6.07) is 0. The van der Waals surface area contributed by atoms with Crippen molar-refractivity contribution in [3.63, 3.8) is 0 Å². The molecule has 0 aromatic heterocycles. The van der Waals surface area contributed by atoms with Gasteiger partial charge in [0, 0.05) is 30.1 Å². The van der Waals surface area contributed by atoms with E-state index in [4.69, 9.17) is 5.73 Å². The molecule has 0 radical (unpaired) electrons. The Labute approximate surface area is 91.0 Å². The van der Waals surface area contributed by atoms with Gasteiger partial charge in [0.25, 0.3) is 0 Å². The minimum absolute atomic E-state index is 0.360. The van der Waals surface area contributed by atoms with Gasteiger partial charge in [-0.1, -0.05) is 13.8 Å². The first-order valence-electron chi connectivity index (χ1n) is 5.28. The fourth-order valence-corrected chi connectivity index (χ4v) is 2.76. The van der Waals surface area contributed by atoms with Gasteiger partial charge in [0.05, 0.1) is 6.10 Å². The second-order valence-electron chi connectivity index (χ2n) is 4.55. The second kappa shape index (κ2) is 5.35. The van der Waals surface area contributed by atoms with Gasteiger partial charge < -0.3 is 10.8 Å². The average Bonchev–Trinajstić information content (AvgIpc) is 2.28. The molecule has 0 saturated carbocycles. The van der Waals surface area contributed by atoms with Crippen LogP contribution in [0.2, 0.25) is 0 Å². The Hall–Kier alpha value is 0.230. The standard InChI is InChI=1S/C10H22N2OS/c1-10(2)3-4-12(5-6-14-10)8-9(13)7-11/h9,13H,3-8,11H2,1-2H3/t9-/m1/s1. The van der Waals surface area contributed by atoms with Gasteiger partial charge in [0.2, 0.25) is 0 Å². The van der Waals surface area contributed by atoms with Crippen molar-refractivity contribution in [3.05, 3.63) is 0 Å². The van der Waals surface area contributed by atoms with E-state index in [1.165, 1.54) is 6.42 Å². The minimum Gasteiger partial charge on any atom is -0.390 e. The number of β-amino-alcohol motifs (C(OH)–C–C–N with tert-alkyl or cyclic N) is 1. The van der Waals surface area contributed by atoms with Crippen LogP contribution in [0.5, 0.6) is 0 Å². The summed E-state index contributed by atoms with van der Waals surface area (Å²) in [5, 5.41) is 9.46. The second-order valence-corrected chi connectivity index (χ2v) is 6.35. The summed E-state index contributed by atoms with van der Waals surface area (Å²) in [4.78, 5) is 2.32. The molecule has 3 nitrogen and oxygen atoms in total. The molecular formula is C10H22N2OS. The zero-order valence-electron chi connectivity index (χ0n) is 9.20. The molecule has 1 rings (SSSR count). The molecule has 0 spiro atoms. The maximum atomic E-state index is 9.46. The summed E-state index contributed by atoms with van der Waals surface area (Å²) in [6.07, 6.45) is 0.829. The van der Waals surface area contributed by atoms with Gasteiger partial charge in [0.1, 0.15) is 0 Å². The molecule has 1 saturated heterocycles. The van der Waals surface area contributed by atoms with E-state index < -0.39 is 0 Å². The topological polar surface area (TPSA) is 49.5 Å². The molecule has 84 valence electrons. The monoisotopic (exact) mass is 218 g/mol. The van der Waals surface area contributed by atoms with Gasteiger partial charge in [-0.3, -0.25) is 4.90 Å². The molecule has 0 amide bonds. The van der Waals surface area contributed by atoms with E-state index >= 15 is 0 Å². The summed E-state index contributed by atoms with van der Waals surface area (Å²) >= 11 is 2.03. The van der Waals surface area contributed by atoms with Crippen LogP contribution in [-0.2, 0) is 0 Å². The smallest absolute Gasteiger partial charge is 0.0789 e. The molecule has 1 aliphatic rings. The Bertz CT molecular complexity index is 176. The van der Waals surface area contributed by atoms with Gasteiger partial charge in [-0.05, 0) is 13.0 Å². The molecule has 1 atom stereocenters. The van der Waals surface area contributed by atoms with Gasteiger partial charge in [-0.2, -0.15) is 11.8 Å². The molecule has 1 heterocycles. The van der Waals surface area contributed by atoms with Crippen LogP contribution in [0.15, 0.2) is 0 Å². The highest BCUT2D eigenvalue weighted by Crippen LogP contribution is 2.30. The maximum absolute atomic E-state index is 9.46. The molecule has 3 N–H and O–H groups in total. The molecule has 1 fully saturated rings. The van der Waals surface area contributed by atoms with E-state index in [2.05, 4.69) is 18.7 Å². The lowest BCUT2D eigenvalue weighted by Gasteiger charge is -2.23. The largest absolute Gasteiger partial charge is 0.390 e. The van der Waals surface area contributed by atoms with Crippen molar-refractivity contribution in [1.29, 1.82) is 0 Å². The van der Waals surface area contributed by atoms with Gasteiger partial charge in [0.15, 0.2) is 0 Å². The molecule has 4 heteroatoms. The zero-order chi connectivity index (χ0) is 10.6. The molecular weight excluding hydrogens is 196 g/mol. The highest BCUT2D eigenvalue weighted by Gasteiger charge is 2.24. The van der Waals surface area contributed by atoms with Crippen molar-refractivity contribution in [2.24, 2.45) is 5.73 Å². The number of nitrogens with two attached hydrogens (primary N) is 1. The third-order valence-electron chi connectivity index (χ3n) is 2.67. The Morgan fingerprint density at radius 1 is 1.50 bits per heavy atom. The van der Waals surface area contributed by atoms with Crippen molar-refractivity contribution in [2.45, 2.75) is 31.1 Å². The Balaban J connectivity index is 2.35. The van der Waals surface area contributed by atoms with Crippen LogP contribution >= 0.6 is 11.8 Å². The van der Waals surface area contributed by atoms with Gasteiger partial charge in [-0.25, -0.2) is 0 Å². The van der Waals surface area contributed by atoms with Crippen LogP contribution < -0.4 is 5.73 Å². The van der Waals surface area contributed by atoms with Crippen LogP contribution in [0, 0.1) is 0 Å². The van der Waals surface area contributed by atoms with Gasteiger partial charge >= 0.3 is 0 Å². The molecule has 0 aromatic carbocycles. The highest BCUT2D eigenvalue weighted by molar-refractivity contribution is 8.00. The summed E-state index contributed by atoms with van der Waals surface area (Å²) in [7, 11) is 0. The Morgan fingerprint density at radius 3 is 2.86 bits per heavy atom. The van der Waals surface area contributed by atoms with Crippen LogP contribution in [0.1, 0.15) is 20.3 Å². The van der Waals surface area contributed by atoms with Crippen molar-refractivity contribution >= 4 is 11.8 Å². The summed E-state index contributed by atoms with van der Waals surface area (Å²) in [5.74, 6) is 1.16. The summed E-state index contributed by atoms with van der Waals surface area (Å²) in [6.45, 7) is 7.84. The van der Waals surface area contributed by atoms with Crippen LogP contribution in [0.4, 0.5) is 0 Å². The Morgan fingerprint density at radius 2 is 2.21 bits per heavy atom. The van der Waals surface area contributed by atoms with Crippen LogP contribution in [0.3, 0.4) is 0 Å². The lowest BCUT2D eigenvalue weighted by molar-refractivity contribution is 0.121. The molecule has 0 aromatic rings. The Kier molecular flexibility index (Phi) is 4.70. The molecule has 0 aliphatic carbocycles. The fourth-order valence-electron chi connectivity index (χ4n) is 1.62. The SMILES string of the molecule is CC1(C)CCN(C[C@H](O)CN)CCS1. The number of hydrogen-bond acceptors (Lipinski definition) is 4. The summed E-state index contributed by atoms with van der Waals surface area (Å²) in [5.41, 5.74) is 5.40. The number of aliphatic hydroxyl groups is 1. The summed E-state index contributed by atoms with van der Waals surface area (Å²) < 4.78 is 0.391. The lowest BCUT2D eigenvalue weighted by Crippen LogP contribution is -2.38. The van der Waals surface area contributed by atoms with Crippen LogP contribution in [0.25, 0.3) is 0 Å². The molecule has 14 heavy (non-hydrogen) atoms. The van der Waals surface area contributed by atoms with Crippen molar-refractivity contribution in [1.82, 2.24) is 4.90 Å². The first kappa shape index (κ1) is 12.3. The first-order valence-corrected chi connectivity index (χ1v) is 6.26. The van der Waals surface area contributed by atoms with E-state index in [1.807, 2.05) is 11.8 Å². The number of nitrogens with zero attached hydrogens (tertiary/aromatic N) is 1. The fraction of sp³-hybridized carbons (Fsp3) is 1.00. The van der Waals surface area contributed by atoms with E-state index in [1.54, 1.807) is 0 Å². The maximum Gasteiger partial charge on any atom is 0.0789 e. The molecule has 0 bridgehead atoms. The third kappa shape index (κ3) is 4.17. The zero-order valence-corrected chi connectivity index (χ0v) is 10.0. The normalized spacial score (nSPS) is 25.7. The van der Waals surface area contributed by atoms with Crippen molar-refractivity contribution in [3.8, 4) is 0 Å². The van der Waals surface area contributed by atoms with E-state index in [0.717, 1.165) is 25.4 Å². The predicted octanol–water partition coefficient (Wildman–Crippen LogP) is 0.524. The lowest BCUT2D eigenvalue weighted by atomic mass is 10.1. The highest BCUT2D eigenvalue weighted by atomic mass is 32.2.